The third kappa shape index (κ3) is 5.06. The van der Waals surface area contributed by atoms with Gasteiger partial charge in [-0.25, -0.2) is 4.98 Å². The predicted molar refractivity (Wildman–Crippen MR) is 106 cm³/mol. The molecule has 148 valence electrons. The van der Waals surface area contributed by atoms with Crippen molar-refractivity contribution in [1.29, 1.82) is 0 Å². The minimum absolute atomic E-state index is 0.0233. The van der Waals surface area contributed by atoms with Crippen LogP contribution in [0.1, 0.15) is 62.9 Å². The number of imidazole rings is 1. The van der Waals surface area contributed by atoms with Gasteiger partial charge in [0, 0.05) is 44.7 Å². The van der Waals surface area contributed by atoms with Crippen LogP contribution in [0.25, 0.3) is 6.08 Å². The van der Waals surface area contributed by atoms with Crippen LogP contribution in [0.4, 0.5) is 0 Å². The van der Waals surface area contributed by atoms with Gasteiger partial charge >= 0.3 is 0 Å². The number of hydrogen-bond acceptors (Lipinski definition) is 4. The van der Waals surface area contributed by atoms with E-state index in [0.29, 0.717) is 25.4 Å². The Bertz CT molecular complexity index is 668. The number of aromatic nitrogens is 2. The molecule has 1 aromatic rings. The van der Waals surface area contributed by atoms with Gasteiger partial charge in [0.1, 0.15) is 11.6 Å². The number of amides is 1. The third-order valence-corrected chi connectivity index (χ3v) is 5.85. The van der Waals surface area contributed by atoms with Crippen molar-refractivity contribution in [3.8, 4) is 0 Å². The van der Waals surface area contributed by atoms with Gasteiger partial charge in [-0.3, -0.25) is 9.59 Å². The molecule has 3 rings (SSSR count). The van der Waals surface area contributed by atoms with E-state index in [4.69, 9.17) is 4.98 Å². The van der Waals surface area contributed by atoms with E-state index in [2.05, 4.69) is 22.2 Å². The van der Waals surface area contributed by atoms with Crippen molar-refractivity contribution in [2.75, 3.05) is 32.7 Å². The molecule has 0 saturated carbocycles. The second kappa shape index (κ2) is 9.31. The Morgan fingerprint density at radius 3 is 2.52 bits per heavy atom. The second-order valence-corrected chi connectivity index (χ2v) is 7.69. The number of hydrogen-bond donors (Lipinski definition) is 0. The van der Waals surface area contributed by atoms with Gasteiger partial charge in [-0.1, -0.05) is 13.5 Å². The molecular weight excluding hydrogens is 340 g/mol. The summed E-state index contributed by atoms with van der Waals surface area (Å²) in [6.45, 7) is 11.5. The van der Waals surface area contributed by atoms with Crippen LogP contribution in [0.2, 0.25) is 0 Å². The van der Waals surface area contributed by atoms with Crippen LogP contribution in [-0.2, 0) is 16.1 Å². The Hall–Kier alpha value is -1.95. The molecule has 1 amide bonds. The molecule has 6 heteroatoms. The first-order chi connectivity index (χ1) is 13.1. The smallest absolute Gasteiger partial charge is 0.230 e. The first kappa shape index (κ1) is 19.8. The van der Waals surface area contributed by atoms with Crippen molar-refractivity contribution in [1.82, 2.24) is 19.4 Å². The normalized spacial score (nSPS) is 18.8. The molecule has 0 N–H and O–H groups in total. The first-order valence-corrected chi connectivity index (χ1v) is 10.3. The zero-order valence-corrected chi connectivity index (χ0v) is 16.5. The molecule has 2 fully saturated rings. The van der Waals surface area contributed by atoms with Crippen molar-refractivity contribution in [2.24, 2.45) is 0 Å². The summed E-state index contributed by atoms with van der Waals surface area (Å²) < 4.78 is 2.29. The summed E-state index contributed by atoms with van der Waals surface area (Å²) in [5, 5.41) is 0. The highest BCUT2D eigenvalue weighted by Gasteiger charge is 2.27. The van der Waals surface area contributed by atoms with Gasteiger partial charge in [-0.05, 0) is 44.8 Å². The first-order valence-electron chi connectivity index (χ1n) is 10.3. The van der Waals surface area contributed by atoms with Crippen LogP contribution in [0.5, 0.6) is 0 Å². The fraction of sp³-hybridized carbons (Fsp3) is 0.667. The number of Topliss-reactive ketones (excluding diaryl/α,β-unsaturated/α-hetero) is 1. The highest BCUT2D eigenvalue weighted by molar-refractivity contribution is 5.97. The maximum atomic E-state index is 12.2. The number of carbonyl (C=O) groups is 2. The number of rotatable bonds is 8. The minimum atomic E-state index is -0.0237. The van der Waals surface area contributed by atoms with Crippen molar-refractivity contribution in [3.63, 3.8) is 0 Å². The number of ketones is 1. The SMILES string of the molecule is C=Cc1cn(CCN2CCCC2)c(C2CCN(C(=O)CC(=O)CC)CC2)n1. The summed E-state index contributed by atoms with van der Waals surface area (Å²) in [6.07, 6.45) is 8.82. The molecule has 6 nitrogen and oxygen atoms in total. The Labute approximate surface area is 162 Å². The number of piperidine rings is 1. The molecule has 0 aliphatic carbocycles. The molecule has 2 aliphatic rings. The summed E-state index contributed by atoms with van der Waals surface area (Å²) >= 11 is 0. The average Bonchev–Trinajstić information content (AvgIpc) is 3.35. The summed E-state index contributed by atoms with van der Waals surface area (Å²) in [6, 6.07) is 0. The molecule has 0 aromatic carbocycles. The van der Waals surface area contributed by atoms with Crippen molar-refractivity contribution in [3.05, 3.63) is 24.3 Å². The molecular formula is C21H32N4O2. The predicted octanol–water partition coefficient (Wildman–Crippen LogP) is 2.70. The summed E-state index contributed by atoms with van der Waals surface area (Å²) in [7, 11) is 0. The topological polar surface area (TPSA) is 58.4 Å². The van der Waals surface area contributed by atoms with E-state index in [1.807, 2.05) is 11.0 Å². The Kier molecular flexibility index (Phi) is 6.83. The van der Waals surface area contributed by atoms with E-state index >= 15 is 0 Å². The Balaban J connectivity index is 1.59. The van der Waals surface area contributed by atoms with E-state index in [1.165, 1.54) is 25.9 Å². The molecule has 1 aromatic heterocycles. The van der Waals surface area contributed by atoms with Gasteiger partial charge in [-0.2, -0.15) is 0 Å². The molecule has 0 spiro atoms. The molecule has 0 atom stereocenters. The van der Waals surface area contributed by atoms with Crippen LogP contribution < -0.4 is 0 Å². The van der Waals surface area contributed by atoms with Crippen LogP contribution in [0.3, 0.4) is 0 Å². The van der Waals surface area contributed by atoms with Gasteiger partial charge in [0.15, 0.2) is 0 Å². The highest BCUT2D eigenvalue weighted by atomic mass is 16.2. The molecule has 2 aliphatic heterocycles. The zero-order chi connectivity index (χ0) is 19.2. The number of nitrogens with zero attached hydrogens (tertiary/aromatic N) is 4. The number of likely N-dealkylation sites (tertiary alicyclic amines) is 2. The van der Waals surface area contributed by atoms with Crippen LogP contribution >= 0.6 is 0 Å². The second-order valence-electron chi connectivity index (χ2n) is 7.69. The van der Waals surface area contributed by atoms with Crippen LogP contribution in [0.15, 0.2) is 12.8 Å². The Morgan fingerprint density at radius 1 is 1.19 bits per heavy atom. The van der Waals surface area contributed by atoms with Crippen LogP contribution in [-0.4, -0.2) is 63.8 Å². The lowest BCUT2D eigenvalue weighted by atomic mass is 9.95. The van der Waals surface area contributed by atoms with Gasteiger partial charge in [0.25, 0.3) is 0 Å². The van der Waals surface area contributed by atoms with Crippen molar-refractivity contribution >= 4 is 17.8 Å². The standard InChI is InChI=1S/C21H32N4O2/c1-3-18-16-25(14-13-23-9-5-6-10-23)21(22-18)17-7-11-24(12-8-17)20(27)15-19(26)4-2/h3,16-17H,1,4-15H2,2H3. The molecule has 27 heavy (non-hydrogen) atoms. The fourth-order valence-corrected chi connectivity index (χ4v) is 4.10. The van der Waals surface area contributed by atoms with Gasteiger partial charge < -0.3 is 14.4 Å². The quantitative estimate of drug-likeness (QED) is 0.659. The lowest BCUT2D eigenvalue weighted by molar-refractivity contribution is -0.136. The fourth-order valence-electron chi connectivity index (χ4n) is 4.10. The largest absolute Gasteiger partial charge is 0.342 e. The van der Waals surface area contributed by atoms with Crippen molar-refractivity contribution in [2.45, 2.75) is 57.9 Å². The van der Waals surface area contributed by atoms with E-state index in [1.54, 1.807) is 6.92 Å². The molecule has 0 bridgehead atoms. The van der Waals surface area contributed by atoms with E-state index in [0.717, 1.165) is 37.4 Å². The monoisotopic (exact) mass is 372 g/mol. The van der Waals surface area contributed by atoms with Crippen molar-refractivity contribution < 1.29 is 9.59 Å². The highest BCUT2D eigenvalue weighted by Crippen LogP contribution is 2.28. The van der Waals surface area contributed by atoms with Crippen LogP contribution in [0, 0.1) is 0 Å². The van der Waals surface area contributed by atoms with Gasteiger partial charge in [0.2, 0.25) is 5.91 Å². The van der Waals surface area contributed by atoms with Gasteiger partial charge in [0.05, 0.1) is 12.1 Å². The summed E-state index contributed by atoms with van der Waals surface area (Å²) in [5.41, 5.74) is 0.929. The average molecular weight is 373 g/mol. The lowest BCUT2D eigenvalue weighted by Crippen LogP contribution is -2.39. The van der Waals surface area contributed by atoms with Gasteiger partial charge in [-0.15, -0.1) is 0 Å². The lowest BCUT2D eigenvalue weighted by Gasteiger charge is -2.32. The summed E-state index contributed by atoms with van der Waals surface area (Å²) in [5.74, 6) is 1.49. The summed E-state index contributed by atoms with van der Waals surface area (Å²) in [4.78, 5) is 32.9. The Morgan fingerprint density at radius 2 is 1.89 bits per heavy atom. The third-order valence-electron chi connectivity index (χ3n) is 5.85. The van der Waals surface area contributed by atoms with E-state index < -0.39 is 0 Å². The molecule has 0 unspecified atom stereocenters. The zero-order valence-electron chi connectivity index (χ0n) is 16.5. The van der Waals surface area contributed by atoms with E-state index in [-0.39, 0.29) is 18.1 Å². The molecule has 3 heterocycles. The maximum Gasteiger partial charge on any atom is 0.230 e. The number of carbonyl (C=O) groups excluding carboxylic acids is 2. The minimum Gasteiger partial charge on any atom is -0.342 e. The van der Waals surface area contributed by atoms with E-state index in [9.17, 15) is 9.59 Å². The molecule has 2 saturated heterocycles. The molecule has 0 radical (unpaired) electrons. The maximum absolute atomic E-state index is 12.2.